The van der Waals surface area contributed by atoms with Gasteiger partial charge < -0.3 is 5.73 Å². The molecule has 0 radical (unpaired) electrons. The van der Waals surface area contributed by atoms with E-state index in [1.165, 1.54) is 11.1 Å². The molecule has 2 N–H and O–H groups in total. The average molecular weight is 249 g/mol. The van der Waals surface area contributed by atoms with Crippen molar-refractivity contribution < 1.29 is 4.79 Å². The Morgan fingerprint density at radius 3 is 2.68 bits per heavy atom. The molecule has 2 aromatic carbocycles. The average Bonchev–Trinajstić information content (AvgIpc) is 2.76. The third kappa shape index (κ3) is 1.76. The van der Waals surface area contributed by atoms with E-state index < -0.39 is 0 Å². The van der Waals surface area contributed by atoms with Gasteiger partial charge in [0.05, 0.1) is 5.56 Å². The van der Waals surface area contributed by atoms with Crippen LogP contribution >= 0.6 is 0 Å². The molecule has 0 fully saturated rings. The summed E-state index contributed by atoms with van der Waals surface area (Å²) in [6, 6.07) is 12.3. The van der Waals surface area contributed by atoms with Crippen LogP contribution in [0.1, 0.15) is 34.0 Å². The summed E-state index contributed by atoms with van der Waals surface area (Å²) in [7, 11) is 0. The number of hydrogen-bond acceptors (Lipinski definition) is 1. The first kappa shape index (κ1) is 11.7. The lowest BCUT2D eigenvalue weighted by Gasteiger charge is -2.09. The molecule has 2 aromatic rings. The number of carbonyl (C=O) groups is 1. The van der Waals surface area contributed by atoms with Gasteiger partial charge in [-0.1, -0.05) is 48.6 Å². The lowest BCUT2D eigenvalue weighted by molar-refractivity contribution is 0.0999. The second-order valence-corrected chi connectivity index (χ2v) is 4.75. The molecule has 0 aromatic heterocycles. The highest BCUT2D eigenvalue weighted by Gasteiger charge is 2.24. The second kappa shape index (κ2) is 4.39. The molecule has 0 aliphatic heterocycles. The number of rotatable bonds is 2. The maximum absolute atomic E-state index is 11.8. The first-order valence-electron chi connectivity index (χ1n) is 6.39. The van der Waals surface area contributed by atoms with Crippen molar-refractivity contribution in [2.45, 2.75) is 13.3 Å². The molecule has 3 rings (SSSR count). The van der Waals surface area contributed by atoms with E-state index in [2.05, 4.69) is 18.2 Å². The largest absolute Gasteiger partial charge is 0.366 e. The maximum atomic E-state index is 11.8. The van der Waals surface area contributed by atoms with Gasteiger partial charge in [-0.2, -0.15) is 0 Å². The summed E-state index contributed by atoms with van der Waals surface area (Å²) in [5.74, 6) is -0.349. The SMILES string of the molecule is CC=Cc1ccc2c(c1C(N)=O)Cc1ccccc1-2. The molecule has 0 bridgehead atoms. The fourth-order valence-corrected chi connectivity index (χ4v) is 2.84. The molecule has 1 aliphatic rings. The van der Waals surface area contributed by atoms with Crippen LogP contribution in [0.2, 0.25) is 0 Å². The molecule has 94 valence electrons. The zero-order valence-corrected chi connectivity index (χ0v) is 10.8. The molecule has 0 atom stereocenters. The van der Waals surface area contributed by atoms with Crippen LogP contribution in [0.4, 0.5) is 0 Å². The molecule has 2 heteroatoms. The molecule has 0 saturated heterocycles. The summed E-state index contributed by atoms with van der Waals surface area (Å²) in [4.78, 5) is 11.8. The predicted octanol–water partition coefficient (Wildman–Crippen LogP) is 3.39. The van der Waals surface area contributed by atoms with Crippen LogP contribution in [0.3, 0.4) is 0 Å². The van der Waals surface area contributed by atoms with Gasteiger partial charge in [0.15, 0.2) is 0 Å². The van der Waals surface area contributed by atoms with Crippen LogP contribution in [0.25, 0.3) is 17.2 Å². The summed E-state index contributed by atoms with van der Waals surface area (Å²) in [5, 5.41) is 0. The van der Waals surface area contributed by atoms with Crippen molar-refractivity contribution in [3.05, 3.63) is 64.7 Å². The van der Waals surface area contributed by atoms with Crippen LogP contribution in [0, 0.1) is 0 Å². The van der Waals surface area contributed by atoms with Crippen LogP contribution in [0.15, 0.2) is 42.5 Å². The molecule has 0 unspecified atom stereocenters. The Morgan fingerprint density at radius 1 is 1.16 bits per heavy atom. The van der Waals surface area contributed by atoms with Gasteiger partial charge in [0, 0.05) is 0 Å². The molecular formula is C17H15NO. The highest BCUT2D eigenvalue weighted by molar-refractivity contribution is 6.01. The van der Waals surface area contributed by atoms with Crippen molar-refractivity contribution in [1.82, 2.24) is 0 Å². The van der Waals surface area contributed by atoms with Crippen molar-refractivity contribution in [2.75, 3.05) is 0 Å². The fourth-order valence-electron chi connectivity index (χ4n) is 2.84. The van der Waals surface area contributed by atoms with Gasteiger partial charge in [-0.15, -0.1) is 0 Å². The van der Waals surface area contributed by atoms with Gasteiger partial charge in [0.25, 0.3) is 0 Å². The molecule has 0 heterocycles. The Bertz CT molecular complexity index is 698. The number of primary amides is 1. The zero-order valence-electron chi connectivity index (χ0n) is 10.8. The number of carbonyl (C=O) groups excluding carboxylic acids is 1. The zero-order chi connectivity index (χ0) is 13.4. The van der Waals surface area contributed by atoms with Crippen molar-refractivity contribution in [2.24, 2.45) is 5.73 Å². The number of amides is 1. The van der Waals surface area contributed by atoms with E-state index in [0.29, 0.717) is 5.56 Å². The van der Waals surface area contributed by atoms with E-state index in [0.717, 1.165) is 23.1 Å². The molecule has 1 amide bonds. The predicted molar refractivity (Wildman–Crippen MR) is 77.9 cm³/mol. The monoisotopic (exact) mass is 249 g/mol. The topological polar surface area (TPSA) is 43.1 Å². The Labute approximate surface area is 112 Å². The normalized spacial score (nSPS) is 12.5. The lowest BCUT2D eigenvalue weighted by atomic mass is 9.95. The molecule has 2 nitrogen and oxygen atoms in total. The quantitative estimate of drug-likeness (QED) is 0.743. The first-order valence-corrected chi connectivity index (χ1v) is 6.39. The van der Waals surface area contributed by atoms with Crippen LogP contribution in [0.5, 0.6) is 0 Å². The van der Waals surface area contributed by atoms with Crippen LogP contribution < -0.4 is 5.73 Å². The smallest absolute Gasteiger partial charge is 0.249 e. The van der Waals surface area contributed by atoms with Gasteiger partial charge in [-0.3, -0.25) is 4.79 Å². The highest BCUT2D eigenvalue weighted by Crippen LogP contribution is 2.39. The molecule has 1 aliphatic carbocycles. The van der Waals surface area contributed by atoms with Gasteiger partial charge in [0.1, 0.15) is 0 Å². The van der Waals surface area contributed by atoms with E-state index in [4.69, 9.17) is 5.73 Å². The number of nitrogens with two attached hydrogens (primary N) is 1. The van der Waals surface area contributed by atoms with Gasteiger partial charge in [-0.05, 0) is 41.2 Å². The summed E-state index contributed by atoms with van der Waals surface area (Å²) >= 11 is 0. The number of allylic oxidation sites excluding steroid dienone is 1. The second-order valence-electron chi connectivity index (χ2n) is 4.75. The minimum Gasteiger partial charge on any atom is -0.366 e. The summed E-state index contributed by atoms with van der Waals surface area (Å²) in [6.07, 6.45) is 4.65. The van der Waals surface area contributed by atoms with Crippen molar-refractivity contribution >= 4 is 12.0 Å². The van der Waals surface area contributed by atoms with Crippen LogP contribution in [-0.2, 0) is 6.42 Å². The van der Waals surface area contributed by atoms with Crippen molar-refractivity contribution in [3.63, 3.8) is 0 Å². The minimum absolute atomic E-state index is 0.349. The first-order chi connectivity index (χ1) is 9.22. The molecular weight excluding hydrogens is 234 g/mol. The van der Waals surface area contributed by atoms with E-state index in [1.54, 1.807) is 0 Å². The number of fused-ring (bicyclic) bond motifs is 3. The highest BCUT2D eigenvalue weighted by atomic mass is 16.1. The standard InChI is InChI=1S/C17H15NO/c1-2-5-11-8-9-14-13-7-4-3-6-12(13)10-15(14)16(11)17(18)19/h2-9H,10H2,1H3,(H2,18,19). The Morgan fingerprint density at radius 2 is 1.95 bits per heavy atom. The third-order valence-electron chi connectivity index (χ3n) is 3.61. The van der Waals surface area contributed by atoms with Crippen molar-refractivity contribution in [1.29, 1.82) is 0 Å². The van der Waals surface area contributed by atoms with E-state index in [-0.39, 0.29) is 5.91 Å². The van der Waals surface area contributed by atoms with Gasteiger partial charge in [0.2, 0.25) is 5.91 Å². The van der Waals surface area contributed by atoms with E-state index in [1.807, 2.05) is 37.3 Å². The summed E-state index contributed by atoms with van der Waals surface area (Å²) in [6.45, 7) is 1.94. The van der Waals surface area contributed by atoms with E-state index in [9.17, 15) is 4.79 Å². The van der Waals surface area contributed by atoms with Crippen molar-refractivity contribution in [3.8, 4) is 11.1 Å². The maximum Gasteiger partial charge on any atom is 0.249 e. The molecule has 19 heavy (non-hydrogen) atoms. The number of benzene rings is 2. The molecule has 0 spiro atoms. The van der Waals surface area contributed by atoms with Crippen LogP contribution in [-0.4, -0.2) is 5.91 Å². The Kier molecular flexibility index (Phi) is 2.71. The Hall–Kier alpha value is -2.35. The molecule has 0 saturated carbocycles. The van der Waals surface area contributed by atoms with E-state index >= 15 is 0 Å². The third-order valence-corrected chi connectivity index (χ3v) is 3.61. The summed E-state index contributed by atoms with van der Waals surface area (Å²) in [5.41, 5.74) is 11.8. The fraction of sp³-hybridized carbons (Fsp3) is 0.118. The minimum atomic E-state index is -0.349. The Balaban J connectivity index is 2.28. The lowest BCUT2D eigenvalue weighted by Crippen LogP contribution is -2.15. The number of hydrogen-bond donors (Lipinski definition) is 1. The van der Waals surface area contributed by atoms with Gasteiger partial charge >= 0.3 is 0 Å². The summed E-state index contributed by atoms with van der Waals surface area (Å²) < 4.78 is 0. The van der Waals surface area contributed by atoms with Gasteiger partial charge in [-0.25, -0.2) is 0 Å².